The van der Waals surface area contributed by atoms with Gasteiger partial charge in [0.05, 0.1) is 5.69 Å². The quantitative estimate of drug-likeness (QED) is 0.542. The third-order valence-electron chi connectivity index (χ3n) is 3.78. The molecule has 0 atom stereocenters. The summed E-state index contributed by atoms with van der Waals surface area (Å²) in [7, 11) is 0. The summed E-state index contributed by atoms with van der Waals surface area (Å²) in [5.74, 6) is -0.389. The zero-order chi connectivity index (χ0) is 16.7. The lowest BCUT2D eigenvalue weighted by molar-refractivity contribution is 0.430. The van der Waals surface area contributed by atoms with Gasteiger partial charge in [-0.1, -0.05) is 42.5 Å². The maximum atomic E-state index is 11.9. The van der Waals surface area contributed by atoms with E-state index < -0.39 is 5.63 Å². The van der Waals surface area contributed by atoms with Crippen LogP contribution in [0.25, 0.3) is 33.4 Å². The first-order valence-corrected chi connectivity index (χ1v) is 8.08. The number of fused-ring (bicyclic) bond motifs is 1. The molecule has 0 bridgehead atoms. The van der Waals surface area contributed by atoms with Gasteiger partial charge in [0.1, 0.15) is 5.58 Å². The highest BCUT2D eigenvalue weighted by molar-refractivity contribution is 7.13. The molecule has 0 fully saturated rings. The van der Waals surface area contributed by atoms with Crippen LogP contribution >= 0.6 is 11.3 Å². The Labute approximate surface area is 140 Å². The number of nitrogens with zero attached hydrogens (tertiary/aromatic N) is 1. The summed E-state index contributed by atoms with van der Waals surface area (Å²) in [6, 6.07) is 14.6. The van der Waals surface area contributed by atoms with Crippen LogP contribution in [0.2, 0.25) is 0 Å². The number of hydrogen-bond donors (Lipinski definition) is 2. The molecule has 6 heteroatoms. The van der Waals surface area contributed by atoms with Gasteiger partial charge in [0.15, 0.2) is 5.13 Å². The zero-order valence-corrected chi connectivity index (χ0v) is 13.2. The molecule has 2 aromatic carbocycles. The van der Waals surface area contributed by atoms with E-state index in [0.717, 1.165) is 16.8 Å². The van der Waals surface area contributed by atoms with Crippen molar-refractivity contribution in [3.05, 3.63) is 64.3 Å². The van der Waals surface area contributed by atoms with Crippen LogP contribution in [0.3, 0.4) is 0 Å². The third-order valence-corrected chi connectivity index (χ3v) is 4.45. The molecule has 5 nitrogen and oxygen atoms in total. The fourth-order valence-corrected chi connectivity index (χ4v) is 3.23. The average Bonchev–Trinajstić information content (AvgIpc) is 3.03. The number of hydrogen-bond acceptors (Lipinski definition) is 6. The first-order valence-electron chi connectivity index (χ1n) is 7.20. The van der Waals surface area contributed by atoms with Crippen molar-refractivity contribution in [3.8, 4) is 28.1 Å². The Morgan fingerprint density at radius 2 is 1.75 bits per heavy atom. The molecule has 4 rings (SSSR count). The molecule has 0 amide bonds. The molecule has 0 radical (unpaired) electrons. The van der Waals surface area contributed by atoms with Gasteiger partial charge in [-0.25, -0.2) is 9.78 Å². The van der Waals surface area contributed by atoms with E-state index in [1.165, 1.54) is 11.3 Å². The van der Waals surface area contributed by atoms with E-state index in [9.17, 15) is 9.90 Å². The van der Waals surface area contributed by atoms with Crippen LogP contribution in [0, 0.1) is 0 Å². The molecule has 2 aromatic heterocycles. The molecule has 24 heavy (non-hydrogen) atoms. The molecule has 118 valence electrons. The molecule has 0 saturated carbocycles. The molecule has 4 aromatic rings. The minimum atomic E-state index is -0.750. The van der Waals surface area contributed by atoms with Crippen LogP contribution in [0.4, 0.5) is 5.13 Å². The van der Waals surface area contributed by atoms with E-state index in [2.05, 4.69) is 4.98 Å². The lowest BCUT2D eigenvalue weighted by Gasteiger charge is -2.08. The molecule has 0 aliphatic carbocycles. The normalized spacial score (nSPS) is 11.0. The van der Waals surface area contributed by atoms with Gasteiger partial charge in [0.2, 0.25) is 5.75 Å². The number of anilines is 1. The van der Waals surface area contributed by atoms with E-state index in [1.54, 1.807) is 12.1 Å². The Morgan fingerprint density at radius 1 is 1.04 bits per heavy atom. The minimum Gasteiger partial charge on any atom is -0.501 e. The van der Waals surface area contributed by atoms with Gasteiger partial charge in [-0.2, -0.15) is 0 Å². The zero-order valence-electron chi connectivity index (χ0n) is 12.4. The van der Waals surface area contributed by atoms with Crippen LogP contribution < -0.4 is 11.4 Å². The predicted molar refractivity (Wildman–Crippen MR) is 95.1 cm³/mol. The third kappa shape index (κ3) is 2.33. The van der Waals surface area contributed by atoms with Crippen LogP contribution in [0.5, 0.6) is 5.75 Å². The molecular formula is C18H12N2O3S. The molecular weight excluding hydrogens is 324 g/mol. The lowest BCUT2D eigenvalue weighted by atomic mass is 9.99. The van der Waals surface area contributed by atoms with Crippen molar-refractivity contribution in [1.29, 1.82) is 0 Å². The summed E-state index contributed by atoms with van der Waals surface area (Å²) in [5, 5.41) is 13.3. The van der Waals surface area contributed by atoms with Crippen molar-refractivity contribution in [1.82, 2.24) is 4.98 Å². The monoisotopic (exact) mass is 336 g/mol. The van der Waals surface area contributed by atoms with Crippen LogP contribution in [-0.4, -0.2) is 10.1 Å². The van der Waals surface area contributed by atoms with E-state index in [4.69, 9.17) is 10.2 Å². The Balaban J connectivity index is 1.89. The van der Waals surface area contributed by atoms with Gasteiger partial charge in [0, 0.05) is 21.9 Å². The van der Waals surface area contributed by atoms with Crippen molar-refractivity contribution in [2.75, 3.05) is 5.73 Å². The van der Waals surface area contributed by atoms with Crippen molar-refractivity contribution in [2.24, 2.45) is 0 Å². The van der Waals surface area contributed by atoms with Gasteiger partial charge in [0.25, 0.3) is 0 Å². The second kappa shape index (κ2) is 5.50. The van der Waals surface area contributed by atoms with E-state index in [0.29, 0.717) is 21.7 Å². The summed E-state index contributed by atoms with van der Waals surface area (Å²) >= 11 is 1.38. The highest BCUT2D eigenvalue weighted by Gasteiger charge is 2.15. The number of nitrogens with two attached hydrogens (primary N) is 1. The fraction of sp³-hybridized carbons (Fsp3) is 0. The highest BCUT2D eigenvalue weighted by Crippen LogP contribution is 2.35. The highest BCUT2D eigenvalue weighted by atomic mass is 32.1. The number of thiazole rings is 1. The summed E-state index contributed by atoms with van der Waals surface area (Å²) in [5.41, 5.74) is 8.25. The maximum Gasteiger partial charge on any atom is 0.379 e. The number of para-hydroxylation sites is 1. The Morgan fingerprint density at radius 3 is 2.46 bits per heavy atom. The average molecular weight is 336 g/mol. The molecule has 0 spiro atoms. The SMILES string of the molecule is Nc1nc(-c2ccc(-c3c(O)c(=O)oc4ccccc34)cc2)cs1. The van der Waals surface area contributed by atoms with Gasteiger partial charge in [-0.15, -0.1) is 11.3 Å². The van der Waals surface area contributed by atoms with Gasteiger partial charge in [-0.05, 0) is 11.6 Å². The number of benzene rings is 2. The summed E-state index contributed by atoms with van der Waals surface area (Å²) < 4.78 is 5.12. The Bertz CT molecular complexity index is 1100. The topological polar surface area (TPSA) is 89.4 Å². The van der Waals surface area contributed by atoms with E-state index in [-0.39, 0.29) is 5.75 Å². The molecule has 0 aliphatic heterocycles. The Kier molecular flexibility index (Phi) is 3.32. The molecule has 0 unspecified atom stereocenters. The molecule has 3 N–H and O–H groups in total. The van der Waals surface area contributed by atoms with Gasteiger partial charge < -0.3 is 15.3 Å². The minimum absolute atomic E-state index is 0.389. The summed E-state index contributed by atoms with van der Waals surface area (Å²) in [6.45, 7) is 0. The molecule has 0 saturated heterocycles. The second-order valence-electron chi connectivity index (χ2n) is 5.26. The smallest absolute Gasteiger partial charge is 0.379 e. The van der Waals surface area contributed by atoms with Crippen molar-refractivity contribution in [2.45, 2.75) is 0 Å². The number of nitrogen functional groups attached to an aromatic ring is 1. The Hall–Kier alpha value is -3.12. The fourth-order valence-electron chi connectivity index (χ4n) is 2.66. The maximum absolute atomic E-state index is 11.9. The van der Waals surface area contributed by atoms with Crippen LogP contribution in [0.15, 0.2) is 63.1 Å². The second-order valence-corrected chi connectivity index (χ2v) is 6.15. The number of rotatable bonds is 2. The van der Waals surface area contributed by atoms with E-state index >= 15 is 0 Å². The molecule has 2 heterocycles. The van der Waals surface area contributed by atoms with Gasteiger partial charge >= 0.3 is 5.63 Å². The standard InChI is InChI=1S/C18H12N2O3S/c19-18-20-13(9-24-18)10-5-7-11(8-6-10)15-12-3-1-2-4-14(12)23-17(22)16(15)21/h1-9,21H,(H2,19,20). The van der Waals surface area contributed by atoms with Gasteiger partial charge in [-0.3, -0.25) is 0 Å². The van der Waals surface area contributed by atoms with Crippen molar-refractivity contribution in [3.63, 3.8) is 0 Å². The summed E-state index contributed by atoms with van der Waals surface area (Å²) in [6.07, 6.45) is 0. The summed E-state index contributed by atoms with van der Waals surface area (Å²) in [4.78, 5) is 16.1. The van der Waals surface area contributed by atoms with E-state index in [1.807, 2.05) is 41.8 Å². The number of aromatic hydroxyl groups is 1. The van der Waals surface area contributed by atoms with Crippen LogP contribution in [0.1, 0.15) is 0 Å². The van der Waals surface area contributed by atoms with Crippen LogP contribution in [-0.2, 0) is 0 Å². The number of aromatic nitrogens is 1. The first-order chi connectivity index (χ1) is 11.6. The van der Waals surface area contributed by atoms with Crippen molar-refractivity contribution < 1.29 is 9.52 Å². The largest absolute Gasteiger partial charge is 0.501 e. The first kappa shape index (κ1) is 14.5. The molecule has 0 aliphatic rings. The lowest BCUT2D eigenvalue weighted by Crippen LogP contribution is -2.00. The van der Waals surface area contributed by atoms with Crippen molar-refractivity contribution >= 4 is 27.4 Å². The predicted octanol–water partition coefficient (Wildman–Crippen LogP) is 3.87.